The van der Waals surface area contributed by atoms with Gasteiger partial charge in [-0.15, -0.1) is 0 Å². The zero-order valence-electron chi connectivity index (χ0n) is 16.9. The summed E-state index contributed by atoms with van der Waals surface area (Å²) in [7, 11) is 0. The number of nitrogens with zero attached hydrogens (tertiary/aromatic N) is 3. The van der Waals surface area contributed by atoms with Gasteiger partial charge in [0.05, 0.1) is 16.6 Å². The lowest BCUT2D eigenvalue weighted by molar-refractivity contribution is -0.275. The molecule has 6 nitrogen and oxygen atoms in total. The average molecular weight is 450 g/mol. The van der Waals surface area contributed by atoms with Crippen molar-refractivity contribution in [2.75, 3.05) is 18.0 Å². The fourth-order valence-electron chi connectivity index (χ4n) is 3.86. The van der Waals surface area contributed by atoms with Crippen LogP contribution in [0.4, 0.5) is 18.3 Å². The highest BCUT2D eigenvalue weighted by Gasteiger charge is 2.49. The third-order valence-electron chi connectivity index (χ3n) is 5.64. The van der Waals surface area contributed by atoms with Crippen LogP contribution in [0.3, 0.4) is 0 Å². The summed E-state index contributed by atoms with van der Waals surface area (Å²) in [6.45, 7) is 3.55. The van der Waals surface area contributed by atoms with E-state index >= 15 is 0 Å². The topological polar surface area (TPSA) is 70.5 Å². The lowest BCUT2D eigenvalue weighted by Gasteiger charge is -2.48. The third kappa shape index (κ3) is 3.62. The molecule has 0 saturated carbocycles. The molecule has 0 amide bonds. The van der Waals surface area contributed by atoms with Gasteiger partial charge in [-0.3, -0.25) is 4.98 Å². The number of piperazine rings is 1. The molecule has 2 unspecified atom stereocenters. The number of benzene rings is 1. The van der Waals surface area contributed by atoms with E-state index in [1.807, 2.05) is 0 Å². The molecule has 31 heavy (non-hydrogen) atoms. The number of ether oxygens (including phenoxy) is 1. The van der Waals surface area contributed by atoms with Crippen LogP contribution < -0.4 is 15.0 Å². The Kier molecular flexibility index (Phi) is 4.65. The van der Waals surface area contributed by atoms with Crippen molar-refractivity contribution in [1.82, 2.24) is 15.3 Å². The second-order valence-corrected chi connectivity index (χ2v) is 9.50. The van der Waals surface area contributed by atoms with Gasteiger partial charge in [-0.1, -0.05) is 11.3 Å². The molecule has 0 spiro atoms. The highest BCUT2D eigenvalue weighted by molar-refractivity contribution is 7.22. The molecule has 5 heterocycles. The second kappa shape index (κ2) is 7.04. The summed E-state index contributed by atoms with van der Waals surface area (Å²) in [5, 5.41) is 14.0. The number of alkyl halides is 2. The maximum atomic E-state index is 14.5. The van der Waals surface area contributed by atoms with E-state index in [4.69, 9.17) is 4.74 Å². The monoisotopic (exact) mass is 450 g/mol. The maximum Gasteiger partial charge on any atom is 0.426 e. The van der Waals surface area contributed by atoms with E-state index in [-0.39, 0.29) is 11.3 Å². The van der Waals surface area contributed by atoms with Crippen molar-refractivity contribution in [3.8, 4) is 17.0 Å². The van der Waals surface area contributed by atoms with Gasteiger partial charge in [0.15, 0.2) is 16.5 Å². The van der Waals surface area contributed by atoms with Gasteiger partial charge in [-0.2, -0.15) is 8.78 Å². The number of thiazole rings is 1. The number of pyridine rings is 1. The van der Waals surface area contributed by atoms with Gasteiger partial charge < -0.3 is 20.1 Å². The number of nitrogens with one attached hydrogen (secondary N) is 1. The van der Waals surface area contributed by atoms with E-state index in [1.54, 1.807) is 6.07 Å². The molecule has 0 radical (unpaired) electrons. The SMILES string of the molecule is CC(C)(O)C(F)(F)Oc1ccc(-c2ccc(F)cn2)c2sc(N3CC4CC(C3)N4)nc12. The number of piperidine rings is 1. The van der Waals surface area contributed by atoms with Crippen LogP contribution in [0.1, 0.15) is 20.3 Å². The number of hydrogen-bond donors (Lipinski definition) is 2. The summed E-state index contributed by atoms with van der Waals surface area (Å²) in [6, 6.07) is 6.64. The molecule has 2 bridgehead atoms. The fraction of sp³-hybridized carbons (Fsp3) is 0.429. The molecule has 164 valence electrons. The van der Waals surface area contributed by atoms with Gasteiger partial charge in [-0.05, 0) is 44.5 Å². The lowest BCUT2D eigenvalue weighted by Crippen LogP contribution is -2.67. The van der Waals surface area contributed by atoms with Gasteiger partial charge in [0.25, 0.3) is 0 Å². The lowest BCUT2D eigenvalue weighted by atomic mass is 9.92. The van der Waals surface area contributed by atoms with Crippen molar-refractivity contribution in [3.05, 3.63) is 36.3 Å². The molecular formula is C21H21F3N4O2S. The quantitative estimate of drug-likeness (QED) is 0.617. The number of anilines is 1. The largest absolute Gasteiger partial charge is 0.428 e. The summed E-state index contributed by atoms with van der Waals surface area (Å²) >= 11 is 1.37. The summed E-state index contributed by atoms with van der Waals surface area (Å²) < 4.78 is 47.9. The predicted molar refractivity (Wildman–Crippen MR) is 112 cm³/mol. The molecule has 3 aromatic rings. The Morgan fingerprint density at radius 1 is 1.19 bits per heavy atom. The van der Waals surface area contributed by atoms with Crippen molar-refractivity contribution in [2.45, 2.75) is 44.1 Å². The Bertz CT molecular complexity index is 1110. The van der Waals surface area contributed by atoms with Crippen molar-refractivity contribution in [3.63, 3.8) is 0 Å². The molecule has 1 aromatic carbocycles. The van der Waals surface area contributed by atoms with Crippen LogP contribution in [0.15, 0.2) is 30.5 Å². The molecule has 3 aliphatic heterocycles. The van der Waals surface area contributed by atoms with Crippen molar-refractivity contribution < 1.29 is 23.0 Å². The number of fused-ring (bicyclic) bond motifs is 3. The number of aromatic nitrogens is 2. The first-order valence-electron chi connectivity index (χ1n) is 9.96. The minimum absolute atomic E-state index is 0.129. The first-order valence-corrected chi connectivity index (χ1v) is 10.8. The molecule has 3 aliphatic rings. The van der Waals surface area contributed by atoms with Crippen LogP contribution >= 0.6 is 11.3 Å². The Balaban J connectivity index is 1.61. The van der Waals surface area contributed by atoms with Crippen molar-refractivity contribution >= 4 is 26.7 Å². The smallest absolute Gasteiger partial charge is 0.426 e. The predicted octanol–water partition coefficient (Wildman–Crippen LogP) is 3.79. The van der Waals surface area contributed by atoms with E-state index < -0.39 is 17.5 Å². The van der Waals surface area contributed by atoms with Gasteiger partial charge in [0.2, 0.25) is 0 Å². The minimum atomic E-state index is -3.82. The van der Waals surface area contributed by atoms with E-state index in [2.05, 4.69) is 20.2 Å². The van der Waals surface area contributed by atoms with Crippen molar-refractivity contribution in [2.24, 2.45) is 0 Å². The van der Waals surface area contributed by atoms with Crippen LogP contribution in [0.2, 0.25) is 0 Å². The molecule has 2 N–H and O–H groups in total. The Labute approximate surface area is 180 Å². The van der Waals surface area contributed by atoms with Gasteiger partial charge in [0, 0.05) is 30.7 Å². The van der Waals surface area contributed by atoms with E-state index in [0.29, 0.717) is 33.2 Å². The molecular weight excluding hydrogens is 429 g/mol. The van der Waals surface area contributed by atoms with Crippen LogP contribution in [0, 0.1) is 5.82 Å². The Morgan fingerprint density at radius 2 is 1.90 bits per heavy atom. The highest BCUT2D eigenvalue weighted by Crippen LogP contribution is 2.43. The van der Waals surface area contributed by atoms with Gasteiger partial charge >= 0.3 is 6.11 Å². The number of hydrogen-bond acceptors (Lipinski definition) is 7. The average Bonchev–Trinajstić information content (AvgIpc) is 3.14. The normalized spacial score (nSPS) is 21.3. The highest BCUT2D eigenvalue weighted by atomic mass is 32.1. The molecule has 3 fully saturated rings. The van der Waals surface area contributed by atoms with Crippen molar-refractivity contribution in [1.29, 1.82) is 0 Å². The first kappa shape index (κ1) is 20.5. The van der Waals surface area contributed by atoms with Crippen LogP contribution in [-0.2, 0) is 0 Å². The molecule has 2 aromatic heterocycles. The molecule has 10 heteroatoms. The zero-order valence-corrected chi connectivity index (χ0v) is 17.7. The van der Waals surface area contributed by atoms with Crippen LogP contribution in [0.25, 0.3) is 21.5 Å². The molecule has 0 aliphatic carbocycles. The zero-order chi connectivity index (χ0) is 22.0. The summed E-state index contributed by atoms with van der Waals surface area (Å²) in [6.07, 6.45) is -1.59. The number of halogens is 3. The summed E-state index contributed by atoms with van der Waals surface area (Å²) in [4.78, 5) is 10.9. The standard InChI is InChI=1S/C21H21F3N4O2S/c1-20(2,29)21(23,24)30-16-6-4-14(15-5-3-11(22)8-25-15)18-17(16)27-19(31-18)28-9-12-7-13(10-28)26-12/h3-6,8,12-13,26,29H,7,9-10H2,1-2H3. The molecule has 2 atom stereocenters. The maximum absolute atomic E-state index is 14.5. The minimum Gasteiger partial charge on any atom is -0.428 e. The Morgan fingerprint density at radius 3 is 2.52 bits per heavy atom. The number of rotatable bonds is 5. The van der Waals surface area contributed by atoms with E-state index in [9.17, 15) is 18.3 Å². The van der Waals surface area contributed by atoms with E-state index in [1.165, 1.54) is 29.5 Å². The third-order valence-corrected chi connectivity index (χ3v) is 6.79. The molecule has 6 rings (SSSR count). The van der Waals surface area contributed by atoms with Crippen LogP contribution in [0.5, 0.6) is 5.75 Å². The Hall–Kier alpha value is -2.43. The number of aliphatic hydroxyl groups is 1. The van der Waals surface area contributed by atoms with Crippen LogP contribution in [-0.4, -0.2) is 52.0 Å². The fourth-order valence-corrected chi connectivity index (χ4v) is 4.98. The summed E-state index contributed by atoms with van der Waals surface area (Å²) in [5.74, 6) is -0.592. The summed E-state index contributed by atoms with van der Waals surface area (Å²) in [5.41, 5.74) is -0.960. The van der Waals surface area contributed by atoms with E-state index in [0.717, 1.165) is 39.6 Å². The van der Waals surface area contributed by atoms with Gasteiger partial charge in [0.1, 0.15) is 11.3 Å². The second-order valence-electron chi connectivity index (χ2n) is 8.53. The first-order chi connectivity index (χ1) is 14.6. The molecule has 3 saturated heterocycles. The van der Waals surface area contributed by atoms with Gasteiger partial charge in [-0.25, -0.2) is 9.37 Å².